The molecule has 0 radical (unpaired) electrons. The van der Waals surface area contributed by atoms with E-state index in [1.54, 1.807) is 0 Å². The number of hydrogen-bond acceptors (Lipinski definition) is 4. The lowest BCUT2D eigenvalue weighted by Crippen LogP contribution is -2.54. The van der Waals surface area contributed by atoms with Gasteiger partial charge in [-0.15, -0.1) is 0 Å². The van der Waals surface area contributed by atoms with Crippen LogP contribution in [0.25, 0.3) is 0 Å². The summed E-state index contributed by atoms with van der Waals surface area (Å²) >= 11 is 0. The zero-order valence-corrected chi connectivity index (χ0v) is 12.3. The highest BCUT2D eigenvalue weighted by Gasteiger charge is 2.23. The molecule has 2 atom stereocenters. The maximum atomic E-state index is 12.0. The Labute approximate surface area is 116 Å². The third kappa shape index (κ3) is 4.75. The molecule has 2 aliphatic heterocycles. The summed E-state index contributed by atoms with van der Waals surface area (Å²) in [5.41, 5.74) is 0. The summed E-state index contributed by atoms with van der Waals surface area (Å²) in [4.78, 5) is 16.6. The summed E-state index contributed by atoms with van der Waals surface area (Å²) < 4.78 is 0. The zero-order chi connectivity index (χ0) is 13.7. The van der Waals surface area contributed by atoms with Crippen LogP contribution in [0.2, 0.25) is 0 Å². The molecule has 19 heavy (non-hydrogen) atoms. The van der Waals surface area contributed by atoms with Gasteiger partial charge in [0, 0.05) is 44.7 Å². The lowest BCUT2D eigenvalue weighted by molar-refractivity contribution is -0.122. The van der Waals surface area contributed by atoms with E-state index in [4.69, 9.17) is 0 Å². The molecule has 5 heteroatoms. The number of piperidine rings is 1. The maximum absolute atomic E-state index is 12.0. The van der Waals surface area contributed by atoms with Crippen molar-refractivity contribution in [2.75, 3.05) is 46.8 Å². The monoisotopic (exact) mass is 268 g/mol. The van der Waals surface area contributed by atoms with Crippen LogP contribution in [-0.2, 0) is 4.79 Å². The fourth-order valence-electron chi connectivity index (χ4n) is 2.95. The van der Waals surface area contributed by atoms with Crippen LogP contribution in [0.4, 0.5) is 0 Å². The van der Waals surface area contributed by atoms with Crippen molar-refractivity contribution in [2.24, 2.45) is 0 Å². The molecule has 0 bridgehead atoms. The second-order valence-corrected chi connectivity index (χ2v) is 6.05. The molecule has 1 amide bonds. The van der Waals surface area contributed by atoms with Crippen molar-refractivity contribution in [2.45, 2.75) is 37.8 Å². The average molecular weight is 268 g/mol. The van der Waals surface area contributed by atoms with Crippen molar-refractivity contribution >= 4 is 5.91 Å². The first-order valence-corrected chi connectivity index (χ1v) is 7.54. The topological polar surface area (TPSA) is 47.6 Å². The number of likely N-dealkylation sites (N-methyl/N-ethyl adjacent to an activating group) is 2. The second-order valence-electron chi connectivity index (χ2n) is 6.05. The Kier molecular flexibility index (Phi) is 5.60. The van der Waals surface area contributed by atoms with Crippen LogP contribution in [0.3, 0.4) is 0 Å². The first-order chi connectivity index (χ1) is 9.15. The number of amides is 1. The summed E-state index contributed by atoms with van der Waals surface area (Å²) in [6.07, 6.45) is 4.27. The van der Waals surface area contributed by atoms with Gasteiger partial charge in [0.25, 0.3) is 0 Å². The van der Waals surface area contributed by atoms with Crippen LogP contribution in [0, 0.1) is 0 Å². The molecule has 2 unspecified atom stereocenters. The van der Waals surface area contributed by atoms with Crippen molar-refractivity contribution in [3.8, 4) is 0 Å². The van der Waals surface area contributed by atoms with Crippen LogP contribution >= 0.6 is 0 Å². The van der Waals surface area contributed by atoms with E-state index < -0.39 is 0 Å². The SMILES string of the molecule is CN1CCN(C)C(CNC(=O)CC2CCCCN2)C1. The Bertz CT molecular complexity index is 291. The van der Waals surface area contributed by atoms with Crippen molar-refractivity contribution in [1.82, 2.24) is 20.4 Å². The molecule has 0 aromatic heterocycles. The number of nitrogens with zero attached hydrogens (tertiary/aromatic N) is 2. The van der Waals surface area contributed by atoms with E-state index >= 15 is 0 Å². The number of nitrogens with one attached hydrogen (secondary N) is 2. The summed E-state index contributed by atoms with van der Waals surface area (Å²) in [5.74, 6) is 0.195. The van der Waals surface area contributed by atoms with Crippen molar-refractivity contribution in [1.29, 1.82) is 0 Å². The molecule has 0 aliphatic carbocycles. The summed E-state index contributed by atoms with van der Waals surface area (Å²) in [5, 5.41) is 6.53. The lowest BCUT2D eigenvalue weighted by Gasteiger charge is -2.37. The van der Waals surface area contributed by atoms with E-state index in [-0.39, 0.29) is 5.91 Å². The van der Waals surface area contributed by atoms with E-state index in [1.165, 1.54) is 12.8 Å². The van der Waals surface area contributed by atoms with Crippen LogP contribution in [0.1, 0.15) is 25.7 Å². The second kappa shape index (κ2) is 7.22. The molecule has 2 rings (SSSR count). The first-order valence-electron chi connectivity index (χ1n) is 7.54. The predicted molar refractivity (Wildman–Crippen MR) is 77.2 cm³/mol. The van der Waals surface area contributed by atoms with Crippen LogP contribution in [0.15, 0.2) is 0 Å². The molecule has 5 nitrogen and oxygen atoms in total. The van der Waals surface area contributed by atoms with Crippen LogP contribution < -0.4 is 10.6 Å². The average Bonchev–Trinajstić information content (AvgIpc) is 2.41. The van der Waals surface area contributed by atoms with Gasteiger partial charge in [-0.3, -0.25) is 9.69 Å². The Morgan fingerprint density at radius 3 is 2.89 bits per heavy atom. The van der Waals surface area contributed by atoms with Crippen molar-refractivity contribution in [3.63, 3.8) is 0 Å². The smallest absolute Gasteiger partial charge is 0.221 e. The molecular weight excluding hydrogens is 240 g/mol. The largest absolute Gasteiger partial charge is 0.354 e. The number of carbonyl (C=O) groups excluding carboxylic acids is 1. The third-order valence-electron chi connectivity index (χ3n) is 4.36. The molecular formula is C14H28N4O. The Hall–Kier alpha value is -0.650. The molecule has 0 aromatic rings. The van der Waals surface area contributed by atoms with Crippen LogP contribution in [0.5, 0.6) is 0 Å². The van der Waals surface area contributed by atoms with Gasteiger partial charge in [0.2, 0.25) is 5.91 Å². The normalized spacial score (nSPS) is 30.2. The van der Waals surface area contributed by atoms with E-state index in [2.05, 4.69) is 34.5 Å². The first kappa shape index (κ1) is 14.8. The predicted octanol–water partition coefficient (Wildman–Crippen LogP) is -0.119. The Balaban J connectivity index is 1.67. The molecule has 0 aromatic carbocycles. The van der Waals surface area contributed by atoms with E-state index in [0.717, 1.165) is 39.1 Å². The van der Waals surface area contributed by atoms with Gasteiger partial charge < -0.3 is 15.5 Å². The van der Waals surface area contributed by atoms with Gasteiger partial charge in [-0.2, -0.15) is 0 Å². The molecule has 0 saturated carbocycles. The number of hydrogen-bond donors (Lipinski definition) is 2. The highest BCUT2D eigenvalue weighted by atomic mass is 16.1. The Morgan fingerprint density at radius 1 is 1.32 bits per heavy atom. The standard InChI is InChI=1S/C14H28N4O/c1-17-7-8-18(2)13(11-17)10-16-14(19)9-12-5-3-4-6-15-12/h12-13,15H,3-11H2,1-2H3,(H,16,19). The summed E-state index contributed by atoms with van der Waals surface area (Å²) in [6, 6.07) is 0.836. The minimum absolute atomic E-state index is 0.195. The van der Waals surface area contributed by atoms with Crippen molar-refractivity contribution in [3.05, 3.63) is 0 Å². The van der Waals surface area contributed by atoms with Gasteiger partial charge in [-0.25, -0.2) is 0 Å². The van der Waals surface area contributed by atoms with Gasteiger partial charge in [-0.05, 0) is 33.5 Å². The number of rotatable bonds is 4. The van der Waals surface area contributed by atoms with Crippen LogP contribution in [-0.4, -0.2) is 74.6 Å². The van der Waals surface area contributed by atoms with Gasteiger partial charge in [0.1, 0.15) is 0 Å². The van der Waals surface area contributed by atoms with Gasteiger partial charge >= 0.3 is 0 Å². The highest BCUT2D eigenvalue weighted by Crippen LogP contribution is 2.10. The minimum Gasteiger partial charge on any atom is -0.354 e. The molecule has 2 N–H and O–H groups in total. The number of carbonyl (C=O) groups is 1. The fraction of sp³-hybridized carbons (Fsp3) is 0.929. The quantitative estimate of drug-likeness (QED) is 0.746. The summed E-state index contributed by atoms with van der Waals surface area (Å²) in [6.45, 7) is 5.08. The molecule has 2 fully saturated rings. The lowest BCUT2D eigenvalue weighted by atomic mass is 10.0. The van der Waals surface area contributed by atoms with E-state index in [9.17, 15) is 4.79 Å². The Morgan fingerprint density at radius 2 is 2.16 bits per heavy atom. The van der Waals surface area contributed by atoms with E-state index in [0.29, 0.717) is 18.5 Å². The highest BCUT2D eigenvalue weighted by molar-refractivity contribution is 5.76. The minimum atomic E-state index is 0.195. The van der Waals surface area contributed by atoms with Crippen molar-refractivity contribution < 1.29 is 4.79 Å². The molecule has 2 aliphatic rings. The summed E-state index contributed by atoms with van der Waals surface area (Å²) in [7, 11) is 4.29. The fourth-order valence-corrected chi connectivity index (χ4v) is 2.95. The molecule has 2 heterocycles. The number of piperazine rings is 1. The van der Waals surface area contributed by atoms with Gasteiger partial charge in [0.15, 0.2) is 0 Å². The van der Waals surface area contributed by atoms with E-state index in [1.807, 2.05) is 0 Å². The van der Waals surface area contributed by atoms with Gasteiger partial charge in [0.05, 0.1) is 0 Å². The third-order valence-corrected chi connectivity index (χ3v) is 4.36. The zero-order valence-electron chi connectivity index (χ0n) is 12.3. The molecule has 0 spiro atoms. The molecule has 2 saturated heterocycles. The van der Waals surface area contributed by atoms with Gasteiger partial charge in [-0.1, -0.05) is 6.42 Å². The maximum Gasteiger partial charge on any atom is 0.221 e. The molecule has 110 valence electrons.